The van der Waals surface area contributed by atoms with Gasteiger partial charge >= 0.3 is 0 Å². The van der Waals surface area contributed by atoms with E-state index in [9.17, 15) is 28.8 Å². The van der Waals surface area contributed by atoms with E-state index in [-0.39, 0.29) is 40.9 Å². The fraction of sp³-hybridized carbons (Fsp3) is 0.704. The Morgan fingerprint density at radius 3 is 1.35 bits per heavy atom. The van der Waals surface area contributed by atoms with Crippen LogP contribution in [0.25, 0.3) is 0 Å². The smallest absolute Gasteiger partial charge is 0.163 e. The summed E-state index contributed by atoms with van der Waals surface area (Å²) in [6, 6.07) is 12.9. The van der Waals surface area contributed by atoms with Gasteiger partial charge in [-0.15, -0.1) is 0 Å². The standard InChI is InChI=1S/C24H40O3.C18H28O3.C14H22N2O2.C14H27NO2.C11H24N2O/c1-6-9-12-15-21-22(20(5)25)18-23(26-16-13-10-7-2)19(4)24(21)27-17-14-11-8-3;1-4-6-8-10-20-17-12-16(15(3)19)13-18(14-17)21-11-9-7-5-2;1-11(17)13-9-12(10-16-3)5-6-14(13)18-8-4-7-15-2;1-4-5-6-7-8-9-10-14(17)13(15-3)11-12(2)16;1-10(14)11(6-4-8-12-2)7-5-9-13-3/h18H,6-17H2,1-5H3;12-14H,4-11H2,1-3H3;5-6,9,15-16H,4,7-8,10H2,1-3H3;13,15H,4-11H2,1-3H3;11-13H,4-9H2,1-3H3/t;;;13-;/m...0./s1. The van der Waals surface area contributed by atoms with E-state index < -0.39 is 0 Å². The van der Waals surface area contributed by atoms with Crippen molar-refractivity contribution in [1.82, 2.24) is 26.6 Å². The second-order valence-corrected chi connectivity index (χ2v) is 25.6. The van der Waals surface area contributed by atoms with Gasteiger partial charge in [0.1, 0.15) is 46.1 Å². The van der Waals surface area contributed by atoms with Crippen molar-refractivity contribution in [2.24, 2.45) is 5.92 Å². The van der Waals surface area contributed by atoms with E-state index in [2.05, 4.69) is 75.1 Å². The van der Waals surface area contributed by atoms with Crippen molar-refractivity contribution in [3.05, 3.63) is 75.8 Å². The Labute approximate surface area is 591 Å². The van der Waals surface area contributed by atoms with E-state index in [0.29, 0.717) is 68.5 Å². The minimum Gasteiger partial charge on any atom is -0.493 e. The first-order valence-corrected chi connectivity index (χ1v) is 37.6. The van der Waals surface area contributed by atoms with E-state index in [1.165, 1.54) is 71.1 Å². The molecule has 0 bridgehead atoms. The highest BCUT2D eigenvalue weighted by atomic mass is 16.5. The molecule has 556 valence electrons. The fourth-order valence-corrected chi connectivity index (χ4v) is 10.6. The Morgan fingerprint density at radius 1 is 0.433 bits per heavy atom. The van der Waals surface area contributed by atoms with E-state index in [1.807, 2.05) is 58.5 Å². The molecular weight excluding hydrogens is 1220 g/mol. The lowest BCUT2D eigenvalue weighted by atomic mass is 9.94. The maximum atomic E-state index is 12.4. The molecule has 3 rings (SSSR count). The molecule has 0 saturated carbocycles. The first kappa shape index (κ1) is 93.5. The predicted octanol–water partition coefficient (Wildman–Crippen LogP) is 17.8. The molecule has 0 amide bonds. The average Bonchev–Trinajstić information content (AvgIpc) is 0.860. The lowest BCUT2D eigenvalue weighted by Crippen LogP contribution is -2.35. The molecule has 0 aliphatic heterocycles. The van der Waals surface area contributed by atoms with Gasteiger partial charge in [-0.25, -0.2) is 0 Å². The van der Waals surface area contributed by atoms with Crippen molar-refractivity contribution in [2.75, 3.05) is 87.9 Å². The molecule has 16 nitrogen and oxygen atoms in total. The number of carbonyl (C=O) groups excluding carboxylic acids is 6. The van der Waals surface area contributed by atoms with Crippen molar-refractivity contribution >= 4 is 34.7 Å². The minimum absolute atomic E-state index is 0.0346. The first-order chi connectivity index (χ1) is 46.7. The molecule has 0 saturated heterocycles. The Kier molecular flexibility index (Phi) is 61.6. The Morgan fingerprint density at radius 2 is 0.887 bits per heavy atom. The van der Waals surface area contributed by atoms with Crippen LogP contribution in [0.3, 0.4) is 0 Å². The van der Waals surface area contributed by atoms with Crippen LogP contribution in [0.5, 0.6) is 28.7 Å². The number of ketones is 6. The highest BCUT2D eigenvalue weighted by Crippen LogP contribution is 2.37. The van der Waals surface area contributed by atoms with Crippen LogP contribution < -0.4 is 50.3 Å². The topological polar surface area (TPSA) is 209 Å². The van der Waals surface area contributed by atoms with Crippen LogP contribution in [0.2, 0.25) is 0 Å². The molecule has 97 heavy (non-hydrogen) atoms. The molecule has 16 heteroatoms. The summed E-state index contributed by atoms with van der Waals surface area (Å²) >= 11 is 0. The molecular formula is C81H141N5O11. The molecule has 3 aromatic rings. The number of Topliss-reactive ketones (excluding diaryl/α,β-unsaturated/α-hetero) is 6. The number of carbonyl (C=O) groups is 6. The lowest BCUT2D eigenvalue weighted by molar-refractivity contribution is -0.125. The van der Waals surface area contributed by atoms with E-state index >= 15 is 0 Å². The number of hydrogen-bond donors (Lipinski definition) is 5. The van der Waals surface area contributed by atoms with Crippen molar-refractivity contribution in [3.8, 4) is 28.7 Å². The number of benzene rings is 3. The van der Waals surface area contributed by atoms with Crippen LogP contribution in [0.4, 0.5) is 0 Å². The molecule has 0 heterocycles. The minimum atomic E-state index is -0.275. The summed E-state index contributed by atoms with van der Waals surface area (Å²) in [6.07, 6.45) is 31.0. The zero-order valence-electron chi connectivity index (χ0n) is 64.6. The summed E-state index contributed by atoms with van der Waals surface area (Å²) in [7, 11) is 9.43. The number of nitrogens with one attached hydrogen (secondary N) is 5. The van der Waals surface area contributed by atoms with Crippen molar-refractivity contribution < 1.29 is 52.5 Å². The van der Waals surface area contributed by atoms with Gasteiger partial charge in [-0.2, -0.15) is 0 Å². The molecule has 0 spiro atoms. The molecule has 0 aliphatic carbocycles. The first-order valence-electron chi connectivity index (χ1n) is 37.6. The third kappa shape index (κ3) is 48.0. The molecule has 0 aliphatic rings. The second kappa shape index (κ2) is 63.9. The molecule has 0 unspecified atom stereocenters. The van der Waals surface area contributed by atoms with Crippen molar-refractivity contribution in [2.45, 2.75) is 282 Å². The van der Waals surface area contributed by atoms with Gasteiger partial charge in [0.15, 0.2) is 17.3 Å². The van der Waals surface area contributed by atoms with Crippen LogP contribution in [-0.4, -0.2) is 129 Å². The van der Waals surface area contributed by atoms with Gasteiger partial charge in [0.2, 0.25) is 0 Å². The van der Waals surface area contributed by atoms with Crippen molar-refractivity contribution in [1.29, 1.82) is 0 Å². The largest absolute Gasteiger partial charge is 0.493 e. The predicted molar refractivity (Wildman–Crippen MR) is 406 cm³/mol. The summed E-state index contributed by atoms with van der Waals surface area (Å²) in [5.41, 5.74) is 5.28. The summed E-state index contributed by atoms with van der Waals surface area (Å²) in [6.45, 7) is 30.3. The van der Waals surface area contributed by atoms with Gasteiger partial charge in [-0.3, -0.25) is 28.8 Å². The molecule has 3 aromatic carbocycles. The molecule has 1 atom stereocenters. The number of likely N-dealkylation sites (N-methyl/N-ethyl adjacent to an activating group) is 1. The van der Waals surface area contributed by atoms with E-state index in [4.69, 9.17) is 23.7 Å². The second-order valence-electron chi connectivity index (χ2n) is 25.6. The van der Waals surface area contributed by atoms with Gasteiger partial charge in [0.05, 0.1) is 44.6 Å². The maximum absolute atomic E-state index is 12.4. The monoisotopic (exact) mass is 1360 g/mol. The quantitative estimate of drug-likeness (QED) is 0.0263. The summed E-state index contributed by atoms with van der Waals surface area (Å²) in [5.74, 6) is 4.86. The van der Waals surface area contributed by atoms with Crippen LogP contribution in [0.15, 0.2) is 42.5 Å². The maximum Gasteiger partial charge on any atom is 0.163 e. The van der Waals surface area contributed by atoms with Gasteiger partial charge in [-0.05, 0) is 209 Å². The number of hydrogen-bond acceptors (Lipinski definition) is 16. The normalized spacial score (nSPS) is 10.9. The third-order valence-corrected chi connectivity index (χ3v) is 16.5. The Balaban J connectivity index is 0. The third-order valence-electron chi connectivity index (χ3n) is 16.5. The van der Waals surface area contributed by atoms with Crippen LogP contribution in [0.1, 0.15) is 304 Å². The Hall–Kier alpha value is -5.52. The summed E-state index contributed by atoms with van der Waals surface area (Å²) in [5, 5.41) is 15.3. The van der Waals surface area contributed by atoms with Gasteiger partial charge in [0.25, 0.3) is 0 Å². The fourth-order valence-electron chi connectivity index (χ4n) is 10.6. The van der Waals surface area contributed by atoms with Gasteiger partial charge < -0.3 is 50.3 Å². The van der Waals surface area contributed by atoms with Crippen LogP contribution >= 0.6 is 0 Å². The molecule has 5 N–H and O–H groups in total. The molecule has 0 aromatic heterocycles. The summed E-state index contributed by atoms with van der Waals surface area (Å²) in [4.78, 5) is 69.6. The van der Waals surface area contributed by atoms with Crippen molar-refractivity contribution in [3.63, 3.8) is 0 Å². The SMILES string of the molecule is CCCCCCCCC(=O)[C@H](CC(C)=O)NC.CCCCCOc1cc(C(C)=O)c(CCCCC)c(OCCCCC)c1C.CCCCCOc1cc(OCCCCC)cc(C(C)=O)c1.CNCCCC(CCCNC)C(C)=O.CNCCCOc1ccc(CNC)cc1C(C)=O. The van der Waals surface area contributed by atoms with Crippen LogP contribution in [0, 0.1) is 12.8 Å². The highest BCUT2D eigenvalue weighted by molar-refractivity contribution is 5.98. The Bertz CT molecular complexity index is 2480. The van der Waals surface area contributed by atoms with E-state index in [0.717, 1.165) is 181 Å². The molecule has 0 fully saturated rings. The van der Waals surface area contributed by atoms with E-state index in [1.54, 1.807) is 46.9 Å². The number of unbranched alkanes of at least 4 members (excludes halogenated alkanes) is 15. The van der Waals surface area contributed by atoms with Gasteiger partial charge in [0, 0.05) is 53.6 Å². The zero-order valence-corrected chi connectivity index (χ0v) is 64.6. The number of rotatable bonds is 54. The highest BCUT2D eigenvalue weighted by Gasteiger charge is 2.21. The van der Waals surface area contributed by atoms with Gasteiger partial charge in [-0.1, -0.05) is 144 Å². The van der Waals surface area contributed by atoms with Crippen LogP contribution in [-0.2, 0) is 27.3 Å². The average molecular weight is 1360 g/mol. The number of ether oxygens (including phenoxy) is 5. The summed E-state index contributed by atoms with van der Waals surface area (Å²) < 4.78 is 29.4. The molecule has 0 radical (unpaired) electrons. The zero-order chi connectivity index (χ0) is 72.9. The lowest BCUT2D eigenvalue weighted by Gasteiger charge is -2.20.